The number of hydrogen-bond acceptors (Lipinski definition) is 5. The minimum Gasteiger partial charge on any atom is -0.396 e. The normalized spacial score (nSPS) is 12.5. The highest BCUT2D eigenvalue weighted by Crippen LogP contribution is 2.31. The van der Waals surface area contributed by atoms with Gasteiger partial charge in [-0.1, -0.05) is 46.9 Å². The molecule has 1 unspecified atom stereocenters. The summed E-state index contributed by atoms with van der Waals surface area (Å²) in [6, 6.07) is 11.8. The van der Waals surface area contributed by atoms with E-state index in [2.05, 4.69) is 4.72 Å². The number of rotatable bonds is 9. The molecule has 1 heterocycles. The van der Waals surface area contributed by atoms with E-state index in [1.807, 2.05) is 0 Å². The van der Waals surface area contributed by atoms with Crippen molar-refractivity contribution >= 4 is 62.2 Å². The maximum absolute atomic E-state index is 13.3. The number of carbonyl (C=O) groups is 1. The molecule has 2 aromatic carbocycles. The number of likely N-dealkylation sites (N-methyl/N-ethyl adjacent to an activating group) is 1. The first-order valence-electron chi connectivity index (χ1n) is 10.1. The summed E-state index contributed by atoms with van der Waals surface area (Å²) < 4.78 is 30.5. The zero-order chi connectivity index (χ0) is 25.0. The Bertz CT molecular complexity index is 1260. The van der Waals surface area contributed by atoms with E-state index < -0.39 is 22.0 Å². The molecule has 12 heteroatoms. The Hall–Kier alpha value is -2.43. The fourth-order valence-electron chi connectivity index (χ4n) is 3.31. The predicted octanol–water partition coefficient (Wildman–Crippen LogP) is 4.01. The summed E-state index contributed by atoms with van der Waals surface area (Å²) in [7, 11) is -2.56. The zero-order valence-corrected chi connectivity index (χ0v) is 21.3. The van der Waals surface area contributed by atoms with Gasteiger partial charge < -0.3 is 20.9 Å². The van der Waals surface area contributed by atoms with Crippen LogP contribution in [0.25, 0.3) is 0 Å². The molecule has 0 aliphatic rings. The Morgan fingerprint density at radius 3 is 2.26 bits per heavy atom. The first kappa shape index (κ1) is 26.2. The molecule has 34 heavy (non-hydrogen) atoms. The summed E-state index contributed by atoms with van der Waals surface area (Å²) in [6.45, 7) is 0.579. The monoisotopic (exact) mass is 543 g/mol. The topological polar surface area (TPSA) is 123 Å². The van der Waals surface area contributed by atoms with Gasteiger partial charge in [0.2, 0.25) is 15.9 Å². The Morgan fingerprint density at radius 1 is 1.09 bits per heavy atom. The summed E-state index contributed by atoms with van der Waals surface area (Å²) in [5, 5.41) is 0.569. The summed E-state index contributed by atoms with van der Waals surface area (Å²) >= 11 is 18.0. The van der Waals surface area contributed by atoms with Gasteiger partial charge in [0.15, 0.2) is 0 Å². The lowest BCUT2D eigenvalue weighted by Gasteiger charge is -2.25. The van der Waals surface area contributed by atoms with Crippen LogP contribution in [-0.2, 0) is 27.9 Å². The number of aromatic nitrogens is 1. The summed E-state index contributed by atoms with van der Waals surface area (Å²) in [5.41, 5.74) is 12.6. The van der Waals surface area contributed by atoms with Crippen LogP contribution in [-0.4, -0.2) is 36.9 Å². The van der Waals surface area contributed by atoms with Crippen LogP contribution in [0, 0.1) is 0 Å². The van der Waals surface area contributed by atoms with Gasteiger partial charge in [-0.15, -0.1) is 0 Å². The maximum atomic E-state index is 13.3. The number of benzene rings is 2. The van der Waals surface area contributed by atoms with Crippen LogP contribution in [0.5, 0.6) is 0 Å². The highest BCUT2D eigenvalue weighted by atomic mass is 35.5. The average Bonchev–Trinajstić information content (AvgIpc) is 3.20. The average molecular weight is 545 g/mol. The molecule has 0 radical (unpaired) electrons. The molecule has 8 nitrogen and oxygen atoms in total. The minimum absolute atomic E-state index is 0.00396. The van der Waals surface area contributed by atoms with Crippen molar-refractivity contribution in [3.8, 4) is 0 Å². The second-order valence-corrected chi connectivity index (χ2v) is 10.7. The van der Waals surface area contributed by atoms with Crippen molar-refractivity contribution in [2.75, 3.05) is 18.5 Å². The molecule has 0 aliphatic heterocycles. The molecule has 0 bridgehead atoms. The third-order valence-electron chi connectivity index (χ3n) is 5.19. The molecule has 1 amide bonds. The lowest BCUT2D eigenvalue weighted by Crippen LogP contribution is -2.47. The van der Waals surface area contributed by atoms with Crippen LogP contribution in [0.3, 0.4) is 0 Å². The van der Waals surface area contributed by atoms with E-state index in [4.69, 9.17) is 46.3 Å². The lowest BCUT2D eigenvalue weighted by atomic mass is 10.1. The Balaban J connectivity index is 1.85. The van der Waals surface area contributed by atoms with Crippen molar-refractivity contribution < 1.29 is 13.2 Å². The fraction of sp³-hybridized carbons (Fsp3) is 0.227. The van der Waals surface area contributed by atoms with E-state index in [0.29, 0.717) is 17.4 Å². The van der Waals surface area contributed by atoms with Crippen LogP contribution in [0.15, 0.2) is 59.6 Å². The van der Waals surface area contributed by atoms with Gasteiger partial charge in [-0.05, 0) is 48.4 Å². The third-order valence-corrected chi connectivity index (χ3v) is 7.52. The Kier molecular flexibility index (Phi) is 8.38. The first-order chi connectivity index (χ1) is 16.0. The molecule has 3 aromatic rings. The molecule has 1 atom stereocenters. The van der Waals surface area contributed by atoms with E-state index in [-0.39, 0.29) is 33.6 Å². The predicted molar refractivity (Wildman–Crippen MR) is 136 cm³/mol. The van der Waals surface area contributed by atoms with Gasteiger partial charge in [0.1, 0.15) is 11.9 Å². The Labute approximate surface area is 213 Å². The number of nitrogens with zero attached hydrogens (tertiary/aromatic N) is 2. The summed E-state index contributed by atoms with van der Waals surface area (Å²) in [5.74, 6) is 0.0811. The number of carbonyl (C=O) groups excluding carboxylic acids is 1. The fourth-order valence-corrected chi connectivity index (χ4v) is 5.33. The highest BCUT2D eigenvalue weighted by molar-refractivity contribution is 7.89. The maximum Gasteiger partial charge on any atom is 0.241 e. The molecule has 3 rings (SSSR count). The van der Waals surface area contributed by atoms with Crippen molar-refractivity contribution in [3.05, 3.63) is 75.4 Å². The van der Waals surface area contributed by atoms with Crippen LogP contribution >= 0.6 is 34.8 Å². The summed E-state index contributed by atoms with van der Waals surface area (Å²) in [4.78, 5) is 14.6. The minimum atomic E-state index is -4.16. The zero-order valence-electron chi connectivity index (χ0n) is 18.2. The molecular weight excluding hydrogens is 521 g/mol. The van der Waals surface area contributed by atoms with E-state index >= 15 is 0 Å². The molecule has 0 aliphatic carbocycles. The van der Waals surface area contributed by atoms with Crippen molar-refractivity contribution in [3.63, 3.8) is 0 Å². The van der Waals surface area contributed by atoms with E-state index in [1.165, 1.54) is 17.0 Å². The van der Waals surface area contributed by atoms with Gasteiger partial charge in [-0.2, -0.15) is 4.72 Å². The number of nitrogens with one attached hydrogen (secondary N) is 1. The van der Waals surface area contributed by atoms with Crippen molar-refractivity contribution in [1.82, 2.24) is 14.2 Å². The van der Waals surface area contributed by atoms with Crippen LogP contribution in [0.4, 0.5) is 11.5 Å². The van der Waals surface area contributed by atoms with Gasteiger partial charge in [0.25, 0.3) is 0 Å². The third kappa shape index (κ3) is 6.37. The number of nitrogen functional groups attached to an aromatic ring is 2. The second-order valence-electron chi connectivity index (χ2n) is 7.71. The molecule has 0 saturated carbocycles. The molecule has 0 spiro atoms. The molecule has 5 N–H and O–H groups in total. The second kappa shape index (κ2) is 10.9. The van der Waals surface area contributed by atoms with Gasteiger partial charge >= 0.3 is 0 Å². The molecule has 1 aromatic heterocycles. The SMILES string of the molecule is CN(Cc1ccc(Cl)cc1)C(=O)C(CCn1cccc1N)NS(=O)(=O)c1cc(Cl)c(N)c(Cl)c1. The van der Waals surface area contributed by atoms with Gasteiger partial charge in [-0.3, -0.25) is 4.79 Å². The van der Waals surface area contributed by atoms with E-state index in [9.17, 15) is 13.2 Å². The van der Waals surface area contributed by atoms with Gasteiger partial charge in [-0.25, -0.2) is 8.42 Å². The van der Waals surface area contributed by atoms with Gasteiger partial charge in [0.05, 0.1) is 20.6 Å². The van der Waals surface area contributed by atoms with Crippen LogP contribution < -0.4 is 16.2 Å². The Morgan fingerprint density at radius 2 is 1.71 bits per heavy atom. The standard InChI is InChI=1S/C22H24Cl3N5O3S/c1-29(13-14-4-6-15(23)7-5-14)22(31)19(8-10-30-9-2-3-20(30)26)28-34(32,33)16-11-17(24)21(27)18(25)12-16/h2-7,9,11-12,19,28H,8,10,13,26-27H2,1H3. The van der Waals surface area contributed by atoms with Crippen molar-refractivity contribution in [2.45, 2.75) is 30.4 Å². The first-order valence-corrected chi connectivity index (χ1v) is 12.8. The van der Waals surface area contributed by atoms with Crippen molar-refractivity contribution in [2.24, 2.45) is 0 Å². The molecule has 0 saturated heterocycles. The molecular formula is C22H24Cl3N5O3S. The number of aryl methyl sites for hydroxylation is 1. The highest BCUT2D eigenvalue weighted by Gasteiger charge is 2.29. The van der Waals surface area contributed by atoms with E-state index in [0.717, 1.165) is 5.56 Å². The van der Waals surface area contributed by atoms with Crippen LogP contribution in [0.1, 0.15) is 12.0 Å². The number of halogens is 3. The smallest absolute Gasteiger partial charge is 0.241 e. The van der Waals surface area contributed by atoms with E-state index in [1.54, 1.807) is 54.2 Å². The number of nitrogens with two attached hydrogens (primary N) is 2. The largest absolute Gasteiger partial charge is 0.396 e. The summed E-state index contributed by atoms with van der Waals surface area (Å²) in [6.07, 6.45) is 1.90. The number of sulfonamides is 1. The lowest BCUT2D eigenvalue weighted by molar-refractivity contribution is -0.132. The quantitative estimate of drug-likeness (QED) is 0.351. The molecule has 182 valence electrons. The molecule has 0 fully saturated rings. The van der Waals surface area contributed by atoms with Gasteiger partial charge in [0, 0.05) is 31.4 Å². The number of anilines is 2. The number of hydrogen-bond donors (Lipinski definition) is 3. The number of amides is 1. The van der Waals surface area contributed by atoms with Crippen molar-refractivity contribution in [1.29, 1.82) is 0 Å². The van der Waals surface area contributed by atoms with Crippen LogP contribution in [0.2, 0.25) is 15.1 Å².